The lowest BCUT2D eigenvalue weighted by Crippen LogP contribution is -2.14. The van der Waals surface area contributed by atoms with E-state index in [0.29, 0.717) is 13.1 Å². The number of aryl methyl sites for hydroxylation is 1. The number of nitrogens with one attached hydrogen (secondary N) is 1. The molecule has 0 saturated carbocycles. The van der Waals surface area contributed by atoms with Gasteiger partial charge in [0.25, 0.3) is 0 Å². The summed E-state index contributed by atoms with van der Waals surface area (Å²) in [5.74, 6) is 0.796. The number of fused-ring (bicyclic) bond motifs is 3. The number of halogens is 1. The summed E-state index contributed by atoms with van der Waals surface area (Å²) in [5.41, 5.74) is 8.67. The molecule has 0 spiro atoms. The van der Waals surface area contributed by atoms with E-state index < -0.39 is 0 Å². The lowest BCUT2D eigenvalue weighted by molar-refractivity contribution is 0.958. The van der Waals surface area contributed by atoms with Crippen LogP contribution in [0.5, 0.6) is 0 Å². The first-order valence-corrected chi connectivity index (χ1v) is 5.98. The summed E-state index contributed by atoms with van der Waals surface area (Å²) in [7, 11) is 0. The summed E-state index contributed by atoms with van der Waals surface area (Å²) < 4.78 is 2.13. The van der Waals surface area contributed by atoms with Crippen molar-refractivity contribution in [2.75, 3.05) is 18.4 Å². The van der Waals surface area contributed by atoms with Crippen LogP contribution in [0.4, 0.5) is 5.82 Å². The van der Waals surface area contributed by atoms with E-state index >= 15 is 0 Å². The van der Waals surface area contributed by atoms with Gasteiger partial charge in [-0.2, -0.15) is 5.10 Å². The summed E-state index contributed by atoms with van der Waals surface area (Å²) in [5, 5.41) is 12.7. The zero-order valence-corrected chi connectivity index (χ0v) is 11.4. The van der Waals surface area contributed by atoms with E-state index in [1.807, 2.05) is 25.3 Å². The maximum Gasteiger partial charge on any atom is 0.158 e. The van der Waals surface area contributed by atoms with Crippen LogP contribution in [-0.4, -0.2) is 27.7 Å². The number of nitrogens with zero attached hydrogens (tertiary/aromatic N) is 3. The third-order valence-corrected chi connectivity index (χ3v) is 3.01. The molecular weight excluding hydrogens is 262 g/mol. The fraction of sp³-hybridized carbons (Fsp3) is 0.231. The third-order valence-electron chi connectivity index (χ3n) is 3.01. The number of hydrogen-bond acceptors (Lipinski definition) is 4. The molecule has 3 N–H and O–H groups in total. The molecule has 19 heavy (non-hydrogen) atoms. The third kappa shape index (κ3) is 2.22. The Morgan fingerprint density at radius 2 is 2.16 bits per heavy atom. The van der Waals surface area contributed by atoms with Crippen molar-refractivity contribution >= 4 is 34.6 Å². The van der Waals surface area contributed by atoms with Gasteiger partial charge in [-0.25, -0.2) is 0 Å². The molecule has 0 unspecified atom stereocenters. The molecule has 0 amide bonds. The highest BCUT2D eigenvalue weighted by Gasteiger charge is 2.11. The topological polar surface area (TPSA) is 68.2 Å². The molecule has 0 atom stereocenters. The van der Waals surface area contributed by atoms with Crippen LogP contribution in [0.1, 0.15) is 5.69 Å². The highest BCUT2D eigenvalue weighted by atomic mass is 35.5. The van der Waals surface area contributed by atoms with E-state index in [-0.39, 0.29) is 12.4 Å². The summed E-state index contributed by atoms with van der Waals surface area (Å²) in [4.78, 5) is 0. The van der Waals surface area contributed by atoms with Gasteiger partial charge in [0.15, 0.2) is 5.82 Å². The van der Waals surface area contributed by atoms with Crippen molar-refractivity contribution in [1.29, 1.82) is 0 Å². The van der Waals surface area contributed by atoms with Gasteiger partial charge in [0.2, 0.25) is 0 Å². The maximum atomic E-state index is 5.51. The number of anilines is 1. The van der Waals surface area contributed by atoms with Crippen molar-refractivity contribution < 1.29 is 0 Å². The average Bonchev–Trinajstić information content (AvgIpc) is 2.78. The Balaban J connectivity index is 0.00000133. The van der Waals surface area contributed by atoms with Gasteiger partial charge in [-0.3, -0.25) is 0 Å². The van der Waals surface area contributed by atoms with Crippen LogP contribution in [0, 0.1) is 6.92 Å². The SMILES string of the molecule is Cc1nnc(NCCN)c2cc3ccccn3c12.Cl. The fourth-order valence-corrected chi connectivity index (χ4v) is 2.22. The predicted octanol–water partition coefficient (Wildman–Crippen LogP) is 1.98. The second kappa shape index (κ2) is 5.42. The summed E-state index contributed by atoms with van der Waals surface area (Å²) in [6.07, 6.45) is 2.04. The Hall–Kier alpha value is -1.85. The minimum atomic E-state index is 0. The Bertz CT molecular complexity index is 707. The Labute approximate surface area is 117 Å². The van der Waals surface area contributed by atoms with Gasteiger partial charge in [0.05, 0.1) is 11.2 Å². The molecule has 6 heteroatoms. The van der Waals surface area contributed by atoms with E-state index in [2.05, 4.69) is 32.0 Å². The number of nitrogens with two attached hydrogens (primary N) is 1. The van der Waals surface area contributed by atoms with Crippen LogP contribution >= 0.6 is 12.4 Å². The molecule has 3 heterocycles. The predicted molar refractivity (Wildman–Crippen MR) is 80.0 cm³/mol. The largest absolute Gasteiger partial charge is 0.367 e. The number of pyridine rings is 1. The van der Waals surface area contributed by atoms with Crippen molar-refractivity contribution in [2.24, 2.45) is 5.73 Å². The quantitative estimate of drug-likeness (QED) is 0.768. The van der Waals surface area contributed by atoms with Gasteiger partial charge in [0, 0.05) is 30.2 Å². The molecule has 0 aliphatic rings. The Morgan fingerprint density at radius 3 is 2.95 bits per heavy atom. The van der Waals surface area contributed by atoms with Crippen LogP contribution in [0.3, 0.4) is 0 Å². The molecule has 3 aromatic rings. The maximum absolute atomic E-state index is 5.51. The second-order valence-corrected chi connectivity index (χ2v) is 4.25. The van der Waals surface area contributed by atoms with E-state index in [9.17, 15) is 0 Å². The zero-order chi connectivity index (χ0) is 12.5. The number of hydrogen-bond donors (Lipinski definition) is 2. The molecule has 0 radical (unpaired) electrons. The minimum absolute atomic E-state index is 0. The molecule has 0 fully saturated rings. The second-order valence-electron chi connectivity index (χ2n) is 4.25. The van der Waals surface area contributed by atoms with E-state index in [1.165, 1.54) is 0 Å². The highest BCUT2D eigenvalue weighted by Crippen LogP contribution is 2.26. The lowest BCUT2D eigenvalue weighted by Gasteiger charge is -2.05. The first-order chi connectivity index (χ1) is 8.81. The summed E-state index contributed by atoms with van der Waals surface area (Å²) in [6, 6.07) is 8.23. The summed E-state index contributed by atoms with van der Waals surface area (Å²) in [6.45, 7) is 3.24. The van der Waals surface area contributed by atoms with Crippen LogP contribution in [0.25, 0.3) is 16.4 Å². The minimum Gasteiger partial charge on any atom is -0.367 e. The molecule has 0 bridgehead atoms. The van der Waals surface area contributed by atoms with Crippen molar-refractivity contribution in [3.8, 4) is 0 Å². The smallest absolute Gasteiger partial charge is 0.158 e. The zero-order valence-electron chi connectivity index (χ0n) is 10.6. The monoisotopic (exact) mass is 277 g/mol. The first kappa shape index (κ1) is 13.6. The van der Waals surface area contributed by atoms with Crippen LogP contribution in [0.15, 0.2) is 30.5 Å². The molecule has 100 valence electrons. The van der Waals surface area contributed by atoms with Crippen molar-refractivity contribution in [3.63, 3.8) is 0 Å². The van der Waals surface area contributed by atoms with Crippen molar-refractivity contribution in [1.82, 2.24) is 14.6 Å². The van der Waals surface area contributed by atoms with E-state index in [4.69, 9.17) is 5.73 Å². The molecule has 0 aromatic carbocycles. The van der Waals surface area contributed by atoms with E-state index in [0.717, 1.165) is 27.9 Å². The van der Waals surface area contributed by atoms with Gasteiger partial charge in [-0.1, -0.05) is 6.07 Å². The van der Waals surface area contributed by atoms with Crippen molar-refractivity contribution in [3.05, 3.63) is 36.2 Å². The lowest BCUT2D eigenvalue weighted by atomic mass is 10.3. The number of aromatic nitrogens is 3. The van der Waals surface area contributed by atoms with Crippen LogP contribution < -0.4 is 11.1 Å². The van der Waals surface area contributed by atoms with Gasteiger partial charge in [-0.05, 0) is 25.1 Å². The summed E-state index contributed by atoms with van der Waals surface area (Å²) >= 11 is 0. The average molecular weight is 278 g/mol. The standard InChI is InChI=1S/C13H15N5.ClH/c1-9-12-11(13(17-16-9)15-6-5-14)8-10-4-2-3-7-18(10)12;/h2-4,7-8H,5-6,14H2,1H3,(H,15,17);1H. The fourth-order valence-electron chi connectivity index (χ4n) is 2.22. The molecule has 0 aliphatic carbocycles. The van der Waals surface area contributed by atoms with Gasteiger partial charge >= 0.3 is 0 Å². The molecule has 0 saturated heterocycles. The normalized spacial score (nSPS) is 10.6. The molecule has 5 nitrogen and oxygen atoms in total. The van der Waals surface area contributed by atoms with Gasteiger partial charge < -0.3 is 15.5 Å². The van der Waals surface area contributed by atoms with Crippen molar-refractivity contribution in [2.45, 2.75) is 6.92 Å². The van der Waals surface area contributed by atoms with Gasteiger partial charge in [0.1, 0.15) is 0 Å². The first-order valence-electron chi connectivity index (χ1n) is 5.98. The molecule has 3 rings (SSSR count). The molecule has 3 aromatic heterocycles. The Morgan fingerprint density at radius 1 is 1.32 bits per heavy atom. The van der Waals surface area contributed by atoms with E-state index in [1.54, 1.807) is 0 Å². The van der Waals surface area contributed by atoms with Gasteiger partial charge in [-0.15, -0.1) is 17.5 Å². The highest BCUT2D eigenvalue weighted by molar-refractivity contribution is 5.96. The Kier molecular flexibility index (Phi) is 3.87. The molecular formula is C13H16ClN5. The number of rotatable bonds is 3. The van der Waals surface area contributed by atoms with Crippen LogP contribution in [-0.2, 0) is 0 Å². The molecule has 0 aliphatic heterocycles. The van der Waals surface area contributed by atoms with Crippen LogP contribution in [0.2, 0.25) is 0 Å².